The molecule has 1 aliphatic rings. The summed E-state index contributed by atoms with van der Waals surface area (Å²) in [7, 11) is 1.72. The Morgan fingerprint density at radius 1 is 1.43 bits per heavy atom. The van der Waals surface area contributed by atoms with Gasteiger partial charge in [0.1, 0.15) is 11.5 Å². The molecule has 0 spiro atoms. The average molecular weight is 287 g/mol. The second kappa shape index (κ2) is 6.28. The first-order chi connectivity index (χ1) is 10.3. The number of para-hydroxylation sites is 1. The number of aryl methyl sites for hydroxylation is 1. The van der Waals surface area contributed by atoms with E-state index in [4.69, 9.17) is 9.15 Å². The van der Waals surface area contributed by atoms with Gasteiger partial charge in [-0.2, -0.15) is 0 Å². The van der Waals surface area contributed by atoms with Gasteiger partial charge in [0.25, 0.3) is 0 Å². The molecule has 1 fully saturated rings. The molecule has 1 saturated heterocycles. The molecule has 0 aliphatic carbocycles. The fraction of sp³-hybridized carbons (Fsp3) is 0.438. The Labute approximate surface area is 124 Å². The molecule has 5 nitrogen and oxygen atoms in total. The topological polar surface area (TPSA) is 50.5 Å². The minimum Gasteiger partial charge on any atom is -0.496 e. The van der Waals surface area contributed by atoms with Crippen molar-refractivity contribution in [2.45, 2.75) is 19.5 Å². The lowest BCUT2D eigenvalue weighted by Gasteiger charge is -2.36. The molecule has 1 unspecified atom stereocenters. The standard InChI is InChI=1S/C16H21N3O2/c1-12-9-18-16(21-12)11-19-8-7-17-10-14(19)13-5-3-4-6-15(13)20-2/h3-6,9,14,17H,7-8,10-11H2,1-2H3. The number of methoxy groups -OCH3 is 1. The van der Waals surface area contributed by atoms with Crippen LogP contribution in [0.25, 0.3) is 0 Å². The van der Waals surface area contributed by atoms with Crippen LogP contribution in [-0.2, 0) is 6.54 Å². The fourth-order valence-corrected chi connectivity index (χ4v) is 2.83. The van der Waals surface area contributed by atoms with Crippen LogP contribution in [0.15, 0.2) is 34.9 Å². The number of nitrogens with one attached hydrogen (secondary N) is 1. The highest BCUT2D eigenvalue weighted by Crippen LogP contribution is 2.30. The minimum atomic E-state index is 0.266. The van der Waals surface area contributed by atoms with E-state index in [1.54, 1.807) is 13.3 Å². The Morgan fingerprint density at radius 3 is 3.05 bits per heavy atom. The Morgan fingerprint density at radius 2 is 2.29 bits per heavy atom. The van der Waals surface area contributed by atoms with Gasteiger partial charge in [0.2, 0.25) is 5.89 Å². The molecule has 5 heteroatoms. The van der Waals surface area contributed by atoms with Gasteiger partial charge in [-0.1, -0.05) is 18.2 Å². The summed E-state index contributed by atoms with van der Waals surface area (Å²) in [5, 5.41) is 3.46. The molecule has 0 amide bonds. The second-order valence-corrected chi connectivity index (χ2v) is 5.30. The zero-order valence-corrected chi connectivity index (χ0v) is 12.5. The van der Waals surface area contributed by atoms with E-state index in [1.165, 1.54) is 5.56 Å². The van der Waals surface area contributed by atoms with E-state index in [0.29, 0.717) is 0 Å². The lowest BCUT2D eigenvalue weighted by atomic mass is 10.0. The zero-order chi connectivity index (χ0) is 14.7. The van der Waals surface area contributed by atoms with Crippen LogP contribution in [0, 0.1) is 6.92 Å². The number of rotatable bonds is 4. The van der Waals surface area contributed by atoms with Gasteiger partial charge in [-0.3, -0.25) is 4.90 Å². The summed E-state index contributed by atoms with van der Waals surface area (Å²) < 4.78 is 11.1. The fourth-order valence-electron chi connectivity index (χ4n) is 2.83. The number of aromatic nitrogens is 1. The highest BCUT2D eigenvalue weighted by Gasteiger charge is 2.27. The van der Waals surface area contributed by atoms with Crippen molar-refractivity contribution in [2.75, 3.05) is 26.7 Å². The summed E-state index contributed by atoms with van der Waals surface area (Å²) in [6.45, 7) is 5.49. The lowest BCUT2D eigenvalue weighted by Crippen LogP contribution is -2.45. The van der Waals surface area contributed by atoms with E-state index >= 15 is 0 Å². The van der Waals surface area contributed by atoms with Crippen LogP contribution in [0.3, 0.4) is 0 Å². The predicted octanol–water partition coefficient (Wildman–Crippen LogP) is 2.14. The van der Waals surface area contributed by atoms with Gasteiger partial charge in [-0.05, 0) is 13.0 Å². The van der Waals surface area contributed by atoms with Crippen LogP contribution >= 0.6 is 0 Å². The van der Waals surface area contributed by atoms with Crippen molar-refractivity contribution in [3.05, 3.63) is 47.7 Å². The van der Waals surface area contributed by atoms with E-state index in [9.17, 15) is 0 Å². The molecule has 1 aliphatic heterocycles. The number of oxazole rings is 1. The molecule has 1 aromatic carbocycles. The van der Waals surface area contributed by atoms with Gasteiger partial charge >= 0.3 is 0 Å². The maximum Gasteiger partial charge on any atom is 0.208 e. The third kappa shape index (κ3) is 3.09. The largest absolute Gasteiger partial charge is 0.496 e. The van der Waals surface area contributed by atoms with Gasteiger partial charge in [-0.15, -0.1) is 0 Å². The van der Waals surface area contributed by atoms with E-state index < -0.39 is 0 Å². The third-order valence-corrected chi connectivity index (χ3v) is 3.86. The van der Waals surface area contributed by atoms with Crippen LogP contribution in [-0.4, -0.2) is 36.6 Å². The van der Waals surface area contributed by atoms with E-state index in [0.717, 1.165) is 43.6 Å². The predicted molar refractivity (Wildman–Crippen MR) is 80.3 cm³/mol. The molecule has 0 radical (unpaired) electrons. The number of nitrogens with zero attached hydrogens (tertiary/aromatic N) is 2. The molecule has 1 N–H and O–H groups in total. The lowest BCUT2D eigenvalue weighted by molar-refractivity contribution is 0.137. The van der Waals surface area contributed by atoms with Crippen LogP contribution < -0.4 is 10.1 Å². The van der Waals surface area contributed by atoms with Gasteiger partial charge in [-0.25, -0.2) is 4.98 Å². The van der Waals surface area contributed by atoms with Crippen molar-refractivity contribution in [3.63, 3.8) is 0 Å². The van der Waals surface area contributed by atoms with Crippen LogP contribution in [0.2, 0.25) is 0 Å². The first kappa shape index (κ1) is 14.1. The minimum absolute atomic E-state index is 0.266. The van der Waals surface area contributed by atoms with Crippen LogP contribution in [0.5, 0.6) is 5.75 Å². The van der Waals surface area contributed by atoms with Crippen molar-refractivity contribution >= 4 is 0 Å². The molecule has 2 aromatic rings. The van der Waals surface area contributed by atoms with E-state index in [2.05, 4.69) is 27.3 Å². The molecule has 0 saturated carbocycles. The molecule has 112 valence electrons. The molecular weight excluding hydrogens is 266 g/mol. The highest BCUT2D eigenvalue weighted by molar-refractivity contribution is 5.36. The van der Waals surface area contributed by atoms with Gasteiger partial charge in [0.05, 0.1) is 25.9 Å². The summed E-state index contributed by atoms with van der Waals surface area (Å²) in [4.78, 5) is 6.71. The Balaban J connectivity index is 1.84. The monoisotopic (exact) mass is 287 g/mol. The SMILES string of the molecule is COc1ccccc1C1CNCCN1Cc1ncc(C)o1. The van der Waals surface area contributed by atoms with Crippen molar-refractivity contribution in [1.29, 1.82) is 0 Å². The third-order valence-electron chi connectivity index (χ3n) is 3.86. The summed E-state index contributed by atoms with van der Waals surface area (Å²) in [6.07, 6.45) is 1.77. The number of benzene rings is 1. The summed E-state index contributed by atoms with van der Waals surface area (Å²) in [5.74, 6) is 2.56. The molecular formula is C16H21N3O2. The first-order valence-corrected chi connectivity index (χ1v) is 7.27. The van der Waals surface area contributed by atoms with Gasteiger partial charge in [0, 0.05) is 25.2 Å². The quantitative estimate of drug-likeness (QED) is 0.933. The molecule has 2 heterocycles. The molecule has 0 bridgehead atoms. The van der Waals surface area contributed by atoms with Crippen molar-refractivity contribution < 1.29 is 9.15 Å². The maximum absolute atomic E-state index is 5.62. The summed E-state index contributed by atoms with van der Waals surface area (Å²) in [5.41, 5.74) is 1.20. The van der Waals surface area contributed by atoms with E-state index in [-0.39, 0.29) is 6.04 Å². The van der Waals surface area contributed by atoms with Gasteiger partial charge < -0.3 is 14.5 Å². The summed E-state index contributed by atoms with van der Waals surface area (Å²) in [6, 6.07) is 8.46. The van der Waals surface area contributed by atoms with Crippen LogP contribution in [0.1, 0.15) is 23.3 Å². The molecule has 1 atom stereocenters. The number of ether oxygens (including phenoxy) is 1. The Hall–Kier alpha value is -1.85. The smallest absolute Gasteiger partial charge is 0.208 e. The van der Waals surface area contributed by atoms with Crippen molar-refractivity contribution in [1.82, 2.24) is 15.2 Å². The van der Waals surface area contributed by atoms with E-state index in [1.807, 2.05) is 19.1 Å². The second-order valence-electron chi connectivity index (χ2n) is 5.30. The summed E-state index contributed by atoms with van der Waals surface area (Å²) >= 11 is 0. The molecule has 3 rings (SSSR count). The van der Waals surface area contributed by atoms with Crippen molar-refractivity contribution in [3.8, 4) is 5.75 Å². The van der Waals surface area contributed by atoms with Crippen molar-refractivity contribution in [2.24, 2.45) is 0 Å². The Bertz CT molecular complexity index is 597. The molecule has 21 heavy (non-hydrogen) atoms. The average Bonchev–Trinajstić information content (AvgIpc) is 2.93. The normalized spacial score (nSPS) is 19.6. The number of piperazine rings is 1. The highest BCUT2D eigenvalue weighted by atomic mass is 16.5. The Kier molecular flexibility index (Phi) is 4.22. The number of hydrogen-bond donors (Lipinski definition) is 1. The maximum atomic E-state index is 5.62. The van der Waals surface area contributed by atoms with Gasteiger partial charge in [0.15, 0.2) is 0 Å². The van der Waals surface area contributed by atoms with Crippen LogP contribution in [0.4, 0.5) is 0 Å². The zero-order valence-electron chi connectivity index (χ0n) is 12.5. The first-order valence-electron chi connectivity index (χ1n) is 7.27. The number of hydrogen-bond acceptors (Lipinski definition) is 5. The molecule has 1 aromatic heterocycles.